The number of methoxy groups -OCH3 is 2. The van der Waals surface area contributed by atoms with E-state index in [2.05, 4.69) is 4.98 Å². The predicted octanol–water partition coefficient (Wildman–Crippen LogP) is 4.01. The lowest BCUT2D eigenvalue weighted by Crippen LogP contribution is -2.29. The lowest BCUT2D eigenvalue weighted by molar-refractivity contribution is 0.0798. The van der Waals surface area contributed by atoms with Crippen molar-refractivity contribution in [1.82, 2.24) is 9.88 Å². The molecule has 0 atom stereocenters. The average Bonchev–Trinajstić information content (AvgIpc) is 2.70. The summed E-state index contributed by atoms with van der Waals surface area (Å²) >= 11 is 0. The lowest BCUT2D eigenvalue weighted by Gasteiger charge is -2.19. The largest absolute Gasteiger partial charge is 0.493 e. The maximum Gasteiger partial charge on any atom is 0.254 e. The predicted molar refractivity (Wildman–Crippen MR) is 107 cm³/mol. The van der Waals surface area contributed by atoms with Crippen molar-refractivity contribution >= 4 is 16.8 Å². The third-order valence-corrected chi connectivity index (χ3v) is 4.66. The first-order valence-electron chi connectivity index (χ1n) is 8.96. The van der Waals surface area contributed by atoms with Crippen molar-refractivity contribution < 1.29 is 18.7 Å². The minimum absolute atomic E-state index is 0.165. The minimum Gasteiger partial charge on any atom is -0.493 e. The molecule has 3 rings (SSSR count). The number of likely N-dealkylation sites (N-methyl/N-ethyl adjacent to an activating group) is 1. The second kappa shape index (κ2) is 8.25. The van der Waals surface area contributed by atoms with E-state index in [0.29, 0.717) is 40.9 Å². The number of pyridine rings is 1. The van der Waals surface area contributed by atoms with Gasteiger partial charge in [0.1, 0.15) is 5.82 Å². The molecule has 0 N–H and O–H groups in total. The number of rotatable bonds is 6. The molecule has 0 bridgehead atoms. The van der Waals surface area contributed by atoms with Crippen LogP contribution in [0.1, 0.15) is 21.6 Å². The van der Waals surface area contributed by atoms with Crippen LogP contribution in [0.25, 0.3) is 10.9 Å². The molecule has 2 aromatic carbocycles. The molecule has 6 heteroatoms. The summed E-state index contributed by atoms with van der Waals surface area (Å²) in [5, 5.41) is 0.522. The van der Waals surface area contributed by atoms with E-state index in [0.717, 1.165) is 11.3 Å². The molecule has 0 aliphatic heterocycles. The molecular weight excluding hydrogens is 359 g/mol. The van der Waals surface area contributed by atoms with Gasteiger partial charge in [0.25, 0.3) is 5.91 Å². The highest BCUT2D eigenvalue weighted by atomic mass is 19.1. The number of carbonyl (C=O) groups is 1. The number of fused-ring (bicyclic) bond motifs is 1. The highest BCUT2D eigenvalue weighted by Gasteiger charge is 2.17. The number of ether oxygens (including phenoxy) is 2. The van der Waals surface area contributed by atoms with E-state index < -0.39 is 0 Å². The number of hydrogen-bond donors (Lipinski definition) is 0. The molecule has 0 aliphatic carbocycles. The molecule has 146 valence electrons. The third kappa shape index (κ3) is 4.06. The molecule has 28 heavy (non-hydrogen) atoms. The first-order chi connectivity index (χ1) is 13.4. The molecule has 0 aliphatic rings. The SMILES string of the molecule is COc1ccc(CCN(C)C(=O)c2cc(C)nc3ccc(F)cc23)cc1OC. The summed E-state index contributed by atoms with van der Waals surface area (Å²) in [6.07, 6.45) is 0.652. The van der Waals surface area contributed by atoms with E-state index >= 15 is 0 Å². The van der Waals surface area contributed by atoms with Crippen molar-refractivity contribution in [2.75, 3.05) is 27.8 Å². The van der Waals surface area contributed by atoms with Crippen molar-refractivity contribution in [3.8, 4) is 11.5 Å². The van der Waals surface area contributed by atoms with Gasteiger partial charge in [-0.05, 0) is 55.3 Å². The zero-order chi connectivity index (χ0) is 20.3. The summed E-state index contributed by atoms with van der Waals surface area (Å²) in [5.74, 6) is 0.762. The van der Waals surface area contributed by atoms with Gasteiger partial charge in [-0.2, -0.15) is 0 Å². The number of benzene rings is 2. The Kier molecular flexibility index (Phi) is 5.78. The Balaban J connectivity index is 1.80. The molecule has 0 fully saturated rings. The van der Waals surface area contributed by atoms with Gasteiger partial charge < -0.3 is 14.4 Å². The minimum atomic E-state index is -0.389. The van der Waals surface area contributed by atoms with Crippen molar-refractivity contribution in [2.24, 2.45) is 0 Å². The Morgan fingerprint density at radius 3 is 2.54 bits per heavy atom. The fraction of sp³-hybridized carbons (Fsp3) is 0.273. The van der Waals surface area contributed by atoms with E-state index in [1.165, 1.54) is 12.1 Å². The van der Waals surface area contributed by atoms with Gasteiger partial charge in [0, 0.05) is 24.7 Å². The zero-order valence-corrected chi connectivity index (χ0v) is 16.5. The van der Waals surface area contributed by atoms with Crippen molar-refractivity contribution in [3.05, 3.63) is 65.1 Å². The van der Waals surface area contributed by atoms with Crippen LogP contribution in [0.15, 0.2) is 42.5 Å². The molecule has 1 aromatic heterocycles. The van der Waals surface area contributed by atoms with Gasteiger partial charge in [-0.3, -0.25) is 9.78 Å². The summed E-state index contributed by atoms with van der Waals surface area (Å²) in [5.41, 5.74) is 2.81. The molecule has 0 spiro atoms. The molecular formula is C22H23FN2O3. The topological polar surface area (TPSA) is 51.7 Å². The fourth-order valence-corrected chi connectivity index (χ4v) is 3.15. The normalized spacial score (nSPS) is 10.8. The van der Waals surface area contributed by atoms with Crippen molar-refractivity contribution in [2.45, 2.75) is 13.3 Å². The molecule has 0 unspecified atom stereocenters. The Hall–Kier alpha value is -3.15. The van der Waals surface area contributed by atoms with Crippen LogP contribution in [0.3, 0.4) is 0 Å². The molecule has 5 nitrogen and oxygen atoms in total. The van der Waals surface area contributed by atoms with Crippen molar-refractivity contribution in [1.29, 1.82) is 0 Å². The Morgan fingerprint density at radius 2 is 1.82 bits per heavy atom. The molecule has 0 saturated heterocycles. The van der Waals surface area contributed by atoms with Crippen LogP contribution in [0.4, 0.5) is 4.39 Å². The fourth-order valence-electron chi connectivity index (χ4n) is 3.15. The van der Waals surface area contributed by atoms with E-state index in [1.807, 2.05) is 25.1 Å². The van der Waals surface area contributed by atoms with Gasteiger partial charge in [0.2, 0.25) is 0 Å². The van der Waals surface area contributed by atoms with Crippen LogP contribution in [0.2, 0.25) is 0 Å². The molecule has 1 amide bonds. The van der Waals surface area contributed by atoms with Gasteiger partial charge in [-0.25, -0.2) is 4.39 Å². The quantitative estimate of drug-likeness (QED) is 0.646. The van der Waals surface area contributed by atoms with E-state index in [1.54, 1.807) is 38.3 Å². The van der Waals surface area contributed by atoms with E-state index in [-0.39, 0.29) is 11.7 Å². The number of hydrogen-bond acceptors (Lipinski definition) is 4. The average molecular weight is 382 g/mol. The number of carbonyl (C=O) groups excluding carboxylic acids is 1. The Bertz CT molecular complexity index is 1020. The summed E-state index contributed by atoms with van der Waals surface area (Å²) in [4.78, 5) is 19.0. The maximum atomic E-state index is 13.7. The second-order valence-electron chi connectivity index (χ2n) is 6.64. The maximum absolute atomic E-state index is 13.7. The Labute approximate surface area is 163 Å². The van der Waals surface area contributed by atoms with Crippen LogP contribution in [-0.2, 0) is 6.42 Å². The van der Waals surface area contributed by atoms with Crippen LogP contribution in [-0.4, -0.2) is 43.6 Å². The zero-order valence-electron chi connectivity index (χ0n) is 16.5. The van der Waals surface area contributed by atoms with E-state index in [9.17, 15) is 9.18 Å². The third-order valence-electron chi connectivity index (χ3n) is 4.66. The Morgan fingerprint density at radius 1 is 1.07 bits per heavy atom. The summed E-state index contributed by atoms with van der Waals surface area (Å²) in [6, 6.07) is 11.7. The summed E-state index contributed by atoms with van der Waals surface area (Å²) in [7, 11) is 4.92. The van der Waals surface area contributed by atoms with E-state index in [4.69, 9.17) is 9.47 Å². The highest BCUT2D eigenvalue weighted by Crippen LogP contribution is 2.28. The first-order valence-corrected chi connectivity index (χ1v) is 8.96. The summed E-state index contributed by atoms with van der Waals surface area (Å²) in [6.45, 7) is 2.33. The lowest BCUT2D eigenvalue weighted by atomic mass is 10.1. The second-order valence-corrected chi connectivity index (χ2v) is 6.64. The molecule has 0 radical (unpaired) electrons. The molecule has 3 aromatic rings. The number of aryl methyl sites for hydroxylation is 1. The van der Waals surface area contributed by atoms with Gasteiger partial charge in [0.15, 0.2) is 11.5 Å². The summed E-state index contributed by atoms with van der Waals surface area (Å²) < 4.78 is 24.3. The molecule has 1 heterocycles. The van der Waals surface area contributed by atoms with Crippen LogP contribution < -0.4 is 9.47 Å². The smallest absolute Gasteiger partial charge is 0.254 e. The highest BCUT2D eigenvalue weighted by molar-refractivity contribution is 6.06. The van der Waals surface area contributed by atoms with Crippen molar-refractivity contribution in [3.63, 3.8) is 0 Å². The van der Waals surface area contributed by atoms with Gasteiger partial charge in [-0.1, -0.05) is 6.07 Å². The van der Waals surface area contributed by atoms with Gasteiger partial charge in [-0.15, -0.1) is 0 Å². The number of amides is 1. The monoisotopic (exact) mass is 382 g/mol. The number of halogens is 1. The van der Waals surface area contributed by atoms with Crippen LogP contribution >= 0.6 is 0 Å². The molecule has 0 saturated carbocycles. The van der Waals surface area contributed by atoms with Gasteiger partial charge in [0.05, 0.1) is 25.3 Å². The first kappa shape index (κ1) is 19.6. The van der Waals surface area contributed by atoms with Crippen LogP contribution in [0, 0.1) is 12.7 Å². The number of aromatic nitrogens is 1. The standard InChI is InChI=1S/C22H23FN2O3/c1-14-11-18(17-13-16(23)6-7-19(17)24-14)22(26)25(2)10-9-15-5-8-20(27-3)21(12-15)28-4/h5-8,11-13H,9-10H2,1-4H3. The number of nitrogens with zero attached hydrogens (tertiary/aromatic N) is 2. The van der Waals surface area contributed by atoms with Crippen LogP contribution in [0.5, 0.6) is 11.5 Å². The van der Waals surface area contributed by atoms with Gasteiger partial charge >= 0.3 is 0 Å².